The summed E-state index contributed by atoms with van der Waals surface area (Å²) in [5.41, 5.74) is 1.93. The Morgan fingerprint density at radius 1 is 1.21 bits per heavy atom. The third-order valence-corrected chi connectivity index (χ3v) is 3.54. The van der Waals surface area contributed by atoms with Crippen molar-refractivity contribution in [2.24, 2.45) is 0 Å². The molecule has 0 aliphatic heterocycles. The standard InChI is InChI=1S/C18H16N2O4/c1-2-24-18(23)20-15-8-7-11(21)9-13(15)16-10-17(22)12-5-3-4-6-14(12)19-16/h3-10,21H,2H2,1H3,(H,19,22)(H,20,23). The number of anilines is 1. The third-order valence-electron chi connectivity index (χ3n) is 3.54. The van der Waals surface area contributed by atoms with Crippen LogP contribution in [0.5, 0.6) is 5.75 Å². The highest BCUT2D eigenvalue weighted by Gasteiger charge is 2.12. The summed E-state index contributed by atoms with van der Waals surface area (Å²) in [5, 5.41) is 13.0. The van der Waals surface area contributed by atoms with Crippen molar-refractivity contribution in [3.8, 4) is 17.0 Å². The molecule has 122 valence electrons. The first kappa shape index (κ1) is 15.6. The Kier molecular flexibility index (Phi) is 4.20. The number of hydrogen-bond donors (Lipinski definition) is 3. The number of carbonyl (C=O) groups is 1. The predicted molar refractivity (Wildman–Crippen MR) is 92.3 cm³/mol. The highest BCUT2D eigenvalue weighted by Crippen LogP contribution is 2.30. The summed E-state index contributed by atoms with van der Waals surface area (Å²) in [7, 11) is 0. The number of benzene rings is 2. The number of phenolic OH excluding ortho intramolecular Hbond substituents is 1. The van der Waals surface area contributed by atoms with Crippen LogP contribution in [-0.4, -0.2) is 22.8 Å². The predicted octanol–water partition coefficient (Wildman–Crippen LogP) is 3.47. The Balaban J connectivity index is 2.13. The zero-order valence-electron chi connectivity index (χ0n) is 13.0. The lowest BCUT2D eigenvalue weighted by molar-refractivity contribution is 0.168. The molecule has 6 heteroatoms. The molecule has 0 unspecified atom stereocenters. The minimum Gasteiger partial charge on any atom is -0.508 e. The van der Waals surface area contributed by atoms with Crippen molar-refractivity contribution in [1.82, 2.24) is 4.98 Å². The van der Waals surface area contributed by atoms with Gasteiger partial charge in [-0.15, -0.1) is 0 Å². The molecule has 0 radical (unpaired) electrons. The second-order valence-corrected chi connectivity index (χ2v) is 5.17. The molecule has 1 amide bonds. The van der Waals surface area contributed by atoms with E-state index >= 15 is 0 Å². The molecule has 0 fully saturated rings. The van der Waals surface area contributed by atoms with Crippen LogP contribution in [0.2, 0.25) is 0 Å². The van der Waals surface area contributed by atoms with Crippen molar-refractivity contribution < 1.29 is 14.6 Å². The number of hydrogen-bond acceptors (Lipinski definition) is 4. The van der Waals surface area contributed by atoms with E-state index in [1.54, 1.807) is 31.2 Å². The number of pyridine rings is 1. The van der Waals surface area contributed by atoms with Crippen molar-refractivity contribution in [3.05, 3.63) is 58.8 Å². The van der Waals surface area contributed by atoms with Crippen LogP contribution in [-0.2, 0) is 4.74 Å². The maximum absolute atomic E-state index is 12.3. The number of aromatic nitrogens is 1. The summed E-state index contributed by atoms with van der Waals surface area (Å²) in [6.07, 6.45) is -0.604. The largest absolute Gasteiger partial charge is 0.508 e. The lowest BCUT2D eigenvalue weighted by Gasteiger charge is -2.12. The lowest BCUT2D eigenvalue weighted by atomic mass is 10.1. The van der Waals surface area contributed by atoms with Crippen molar-refractivity contribution >= 4 is 22.7 Å². The molecule has 6 nitrogen and oxygen atoms in total. The number of carbonyl (C=O) groups excluding carboxylic acids is 1. The zero-order chi connectivity index (χ0) is 17.1. The Morgan fingerprint density at radius 3 is 2.79 bits per heavy atom. The smallest absolute Gasteiger partial charge is 0.411 e. The SMILES string of the molecule is CCOC(=O)Nc1ccc(O)cc1-c1cc(=O)c2ccccc2[nH]1. The number of amides is 1. The highest BCUT2D eigenvalue weighted by molar-refractivity contribution is 5.92. The average Bonchev–Trinajstić information content (AvgIpc) is 2.56. The zero-order valence-corrected chi connectivity index (χ0v) is 13.0. The van der Waals surface area contributed by atoms with E-state index in [9.17, 15) is 14.7 Å². The number of aromatic hydroxyl groups is 1. The number of aromatic amines is 1. The number of nitrogens with one attached hydrogen (secondary N) is 2. The first-order valence-corrected chi connectivity index (χ1v) is 7.47. The number of phenols is 1. The minimum absolute atomic E-state index is 0.0217. The molecule has 0 aliphatic rings. The van der Waals surface area contributed by atoms with Gasteiger partial charge in [-0.3, -0.25) is 10.1 Å². The summed E-state index contributed by atoms with van der Waals surface area (Å²) in [6, 6.07) is 13.1. The van der Waals surface area contributed by atoms with Gasteiger partial charge in [0.05, 0.1) is 18.0 Å². The maximum Gasteiger partial charge on any atom is 0.411 e. The molecule has 1 heterocycles. The van der Waals surface area contributed by atoms with Crippen LogP contribution in [0, 0.1) is 0 Å². The molecule has 3 aromatic rings. The Morgan fingerprint density at radius 2 is 2.00 bits per heavy atom. The quantitative estimate of drug-likeness (QED) is 0.643. The number of rotatable bonds is 3. The topological polar surface area (TPSA) is 91.4 Å². The first-order chi connectivity index (χ1) is 11.6. The number of para-hydroxylation sites is 1. The number of fused-ring (bicyclic) bond motifs is 1. The van der Waals surface area contributed by atoms with Crippen molar-refractivity contribution in [2.75, 3.05) is 11.9 Å². The van der Waals surface area contributed by atoms with E-state index < -0.39 is 6.09 Å². The van der Waals surface area contributed by atoms with Gasteiger partial charge in [-0.1, -0.05) is 12.1 Å². The first-order valence-electron chi connectivity index (χ1n) is 7.47. The normalized spacial score (nSPS) is 10.5. The molecule has 24 heavy (non-hydrogen) atoms. The summed E-state index contributed by atoms with van der Waals surface area (Å²) in [6.45, 7) is 1.95. The number of H-pyrrole nitrogens is 1. The van der Waals surface area contributed by atoms with Crippen LogP contribution in [0.1, 0.15) is 6.92 Å². The van der Waals surface area contributed by atoms with Crippen molar-refractivity contribution in [1.29, 1.82) is 0 Å². The Labute approximate surface area is 137 Å². The van der Waals surface area contributed by atoms with Crippen LogP contribution in [0.25, 0.3) is 22.2 Å². The van der Waals surface area contributed by atoms with Gasteiger partial charge >= 0.3 is 6.09 Å². The van der Waals surface area contributed by atoms with Gasteiger partial charge in [0.1, 0.15) is 5.75 Å². The van der Waals surface area contributed by atoms with Crippen LogP contribution < -0.4 is 10.7 Å². The Bertz CT molecular complexity index is 963. The van der Waals surface area contributed by atoms with E-state index in [-0.39, 0.29) is 17.8 Å². The summed E-state index contributed by atoms with van der Waals surface area (Å²) in [4.78, 5) is 27.1. The number of ether oxygens (including phenoxy) is 1. The van der Waals surface area contributed by atoms with Gasteiger partial charge in [0.15, 0.2) is 5.43 Å². The summed E-state index contributed by atoms with van der Waals surface area (Å²) < 4.78 is 4.88. The van der Waals surface area contributed by atoms with E-state index in [4.69, 9.17) is 4.74 Å². The molecule has 3 rings (SSSR count). The third kappa shape index (κ3) is 3.08. The van der Waals surface area contributed by atoms with Gasteiger partial charge in [-0.2, -0.15) is 0 Å². The van der Waals surface area contributed by atoms with Gasteiger partial charge in [-0.25, -0.2) is 4.79 Å². The molecule has 0 atom stereocenters. The lowest BCUT2D eigenvalue weighted by Crippen LogP contribution is -2.14. The fraction of sp³-hybridized carbons (Fsp3) is 0.111. The van der Waals surface area contributed by atoms with E-state index in [0.717, 1.165) is 0 Å². The Hall–Kier alpha value is -3.28. The average molecular weight is 324 g/mol. The van der Waals surface area contributed by atoms with Crippen molar-refractivity contribution in [3.63, 3.8) is 0 Å². The highest BCUT2D eigenvalue weighted by atomic mass is 16.5. The molecule has 0 saturated carbocycles. The van der Waals surface area contributed by atoms with E-state index in [2.05, 4.69) is 10.3 Å². The van der Waals surface area contributed by atoms with E-state index in [1.165, 1.54) is 18.2 Å². The molecule has 1 aromatic heterocycles. The van der Waals surface area contributed by atoms with Gasteiger partial charge < -0.3 is 14.8 Å². The van der Waals surface area contributed by atoms with E-state index in [1.807, 2.05) is 6.07 Å². The van der Waals surface area contributed by atoms with Crippen molar-refractivity contribution in [2.45, 2.75) is 6.92 Å². The van der Waals surface area contributed by atoms with Crippen LogP contribution in [0.4, 0.5) is 10.5 Å². The second kappa shape index (κ2) is 6.45. The van der Waals surface area contributed by atoms with Crippen LogP contribution in [0.15, 0.2) is 53.3 Å². The molecule has 0 bridgehead atoms. The van der Waals surface area contributed by atoms with Gasteiger partial charge in [-0.05, 0) is 37.3 Å². The minimum atomic E-state index is -0.604. The fourth-order valence-corrected chi connectivity index (χ4v) is 2.48. The monoisotopic (exact) mass is 324 g/mol. The molecule has 2 aromatic carbocycles. The molecular formula is C18H16N2O4. The second-order valence-electron chi connectivity index (χ2n) is 5.17. The fourth-order valence-electron chi connectivity index (χ4n) is 2.48. The van der Waals surface area contributed by atoms with Gasteiger partial charge in [0.2, 0.25) is 0 Å². The molecule has 0 aliphatic carbocycles. The molecule has 0 spiro atoms. The molecule has 3 N–H and O–H groups in total. The molecule has 0 saturated heterocycles. The van der Waals surface area contributed by atoms with Gasteiger partial charge in [0.25, 0.3) is 0 Å². The van der Waals surface area contributed by atoms with Crippen LogP contribution in [0.3, 0.4) is 0 Å². The van der Waals surface area contributed by atoms with Crippen LogP contribution >= 0.6 is 0 Å². The summed E-state index contributed by atoms with van der Waals surface area (Å²) in [5.74, 6) is 0.0217. The maximum atomic E-state index is 12.3. The van der Waals surface area contributed by atoms with E-state index in [0.29, 0.717) is 27.8 Å². The molecular weight excluding hydrogens is 308 g/mol. The summed E-state index contributed by atoms with van der Waals surface area (Å²) >= 11 is 0. The van der Waals surface area contributed by atoms with Gasteiger partial charge in [0, 0.05) is 22.5 Å².